The van der Waals surface area contributed by atoms with Crippen molar-refractivity contribution >= 4 is 23.3 Å². The van der Waals surface area contributed by atoms with Gasteiger partial charge < -0.3 is 11.1 Å². The highest BCUT2D eigenvalue weighted by molar-refractivity contribution is 6.29. The highest BCUT2D eigenvalue weighted by atomic mass is 35.5. The first-order chi connectivity index (χ1) is 7.00. The number of carbonyl (C=O) groups excluding carboxylic acids is 1. The lowest BCUT2D eigenvalue weighted by Gasteiger charge is -2.14. The van der Waals surface area contributed by atoms with Crippen molar-refractivity contribution in [3.63, 3.8) is 0 Å². The van der Waals surface area contributed by atoms with E-state index in [1.807, 2.05) is 0 Å². The Morgan fingerprint density at radius 2 is 2.20 bits per heavy atom. The molecule has 2 unspecified atom stereocenters. The molecule has 0 aliphatic heterocycles. The average Bonchev–Trinajstić information content (AvgIpc) is 2.16. The van der Waals surface area contributed by atoms with Gasteiger partial charge in [0.25, 0.3) is 0 Å². The molecular formula is C9H13ClN4O. The van der Waals surface area contributed by atoms with Gasteiger partial charge >= 0.3 is 0 Å². The molecule has 3 N–H and O–H groups in total. The summed E-state index contributed by atoms with van der Waals surface area (Å²) >= 11 is 5.64. The van der Waals surface area contributed by atoms with Crippen molar-refractivity contribution < 1.29 is 4.79 Å². The van der Waals surface area contributed by atoms with Gasteiger partial charge in [-0.15, -0.1) is 0 Å². The zero-order valence-corrected chi connectivity index (χ0v) is 9.32. The van der Waals surface area contributed by atoms with Gasteiger partial charge in [-0.2, -0.15) is 0 Å². The van der Waals surface area contributed by atoms with Crippen LogP contribution in [0, 0.1) is 5.92 Å². The number of nitrogens with one attached hydrogen (secondary N) is 1. The van der Waals surface area contributed by atoms with Gasteiger partial charge in [-0.1, -0.05) is 18.5 Å². The van der Waals surface area contributed by atoms with Crippen LogP contribution >= 0.6 is 11.6 Å². The smallest absolute Gasteiger partial charge is 0.229 e. The van der Waals surface area contributed by atoms with E-state index in [-0.39, 0.29) is 23.0 Å². The number of rotatable bonds is 3. The van der Waals surface area contributed by atoms with Gasteiger partial charge in [0.05, 0.1) is 5.92 Å². The van der Waals surface area contributed by atoms with Gasteiger partial charge in [0, 0.05) is 12.1 Å². The molecule has 5 nitrogen and oxygen atoms in total. The number of anilines is 1. The fourth-order valence-corrected chi connectivity index (χ4v) is 1.03. The van der Waals surface area contributed by atoms with Gasteiger partial charge in [-0.3, -0.25) is 4.79 Å². The Hall–Kier alpha value is -1.20. The molecule has 0 radical (unpaired) electrons. The van der Waals surface area contributed by atoms with E-state index in [9.17, 15) is 4.79 Å². The Morgan fingerprint density at radius 3 is 2.73 bits per heavy atom. The summed E-state index contributed by atoms with van der Waals surface area (Å²) < 4.78 is 0. The van der Waals surface area contributed by atoms with E-state index < -0.39 is 0 Å². The summed E-state index contributed by atoms with van der Waals surface area (Å²) in [5.74, 6) is -0.0778. The van der Waals surface area contributed by atoms with Crippen LogP contribution in [0.5, 0.6) is 0 Å². The monoisotopic (exact) mass is 228 g/mol. The van der Waals surface area contributed by atoms with Crippen LogP contribution in [-0.4, -0.2) is 21.9 Å². The second-order valence-electron chi connectivity index (χ2n) is 3.36. The fourth-order valence-electron chi connectivity index (χ4n) is 0.881. The van der Waals surface area contributed by atoms with Crippen molar-refractivity contribution in [2.45, 2.75) is 19.9 Å². The van der Waals surface area contributed by atoms with E-state index in [1.165, 1.54) is 12.4 Å². The van der Waals surface area contributed by atoms with Crippen LogP contribution in [0.2, 0.25) is 5.15 Å². The summed E-state index contributed by atoms with van der Waals surface area (Å²) in [6.07, 6.45) is 1.29. The van der Waals surface area contributed by atoms with Crippen molar-refractivity contribution in [3.05, 3.63) is 17.5 Å². The summed E-state index contributed by atoms with van der Waals surface area (Å²) in [6, 6.07) is 1.27. The Kier molecular flexibility index (Phi) is 3.99. The summed E-state index contributed by atoms with van der Waals surface area (Å²) in [5, 5.41) is 2.90. The second kappa shape index (κ2) is 5.04. The summed E-state index contributed by atoms with van der Waals surface area (Å²) in [6.45, 7) is 3.53. The number of hydrogen-bond acceptors (Lipinski definition) is 4. The van der Waals surface area contributed by atoms with Gasteiger partial charge in [0.15, 0.2) is 0 Å². The van der Waals surface area contributed by atoms with Crippen LogP contribution in [0.1, 0.15) is 13.8 Å². The Labute approximate surface area is 93.0 Å². The number of amides is 1. The van der Waals surface area contributed by atoms with E-state index in [0.29, 0.717) is 5.82 Å². The maximum atomic E-state index is 11.6. The van der Waals surface area contributed by atoms with Crippen LogP contribution in [0.3, 0.4) is 0 Å². The maximum absolute atomic E-state index is 11.6. The zero-order chi connectivity index (χ0) is 11.4. The molecule has 1 heterocycles. The normalized spacial score (nSPS) is 14.4. The first kappa shape index (κ1) is 11.9. The third-order valence-electron chi connectivity index (χ3n) is 2.09. The number of carbonyl (C=O) groups is 1. The molecule has 1 aromatic heterocycles. The Balaban J connectivity index is 2.66. The molecule has 15 heavy (non-hydrogen) atoms. The van der Waals surface area contributed by atoms with E-state index in [4.69, 9.17) is 17.3 Å². The van der Waals surface area contributed by atoms with Crippen molar-refractivity contribution in [3.8, 4) is 0 Å². The highest BCUT2D eigenvalue weighted by Crippen LogP contribution is 2.10. The lowest BCUT2D eigenvalue weighted by atomic mass is 10.0. The summed E-state index contributed by atoms with van der Waals surface area (Å²) in [5.41, 5.74) is 5.60. The fraction of sp³-hybridized carbons (Fsp3) is 0.444. The molecule has 0 saturated heterocycles. The van der Waals surface area contributed by atoms with Crippen molar-refractivity contribution in [2.24, 2.45) is 11.7 Å². The lowest BCUT2D eigenvalue weighted by molar-refractivity contribution is -0.119. The molecule has 82 valence electrons. The first-order valence-corrected chi connectivity index (χ1v) is 4.92. The number of nitrogens with zero attached hydrogens (tertiary/aromatic N) is 2. The molecule has 6 heteroatoms. The first-order valence-electron chi connectivity index (χ1n) is 4.54. The largest absolute Gasteiger partial charge is 0.327 e. The molecule has 0 aliphatic carbocycles. The maximum Gasteiger partial charge on any atom is 0.229 e. The second-order valence-corrected chi connectivity index (χ2v) is 3.75. The highest BCUT2D eigenvalue weighted by Gasteiger charge is 2.17. The Morgan fingerprint density at radius 1 is 1.53 bits per heavy atom. The standard InChI is InChI=1S/C9H13ClN4O/c1-5(6(2)11)9(15)14-8-3-7(10)12-4-13-8/h3-6H,11H2,1-2H3,(H,12,13,14,15). The quantitative estimate of drug-likeness (QED) is 0.758. The SMILES string of the molecule is CC(N)C(C)C(=O)Nc1cc(Cl)ncn1. The number of aromatic nitrogens is 2. The molecular weight excluding hydrogens is 216 g/mol. The van der Waals surface area contributed by atoms with Gasteiger partial charge in [0.1, 0.15) is 17.3 Å². The third-order valence-corrected chi connectivity index (χ3v) is 2.29. The van der Waals surface area contributed by atoms with Crippen molar-refractivity contribution in [1.29, 1.82) is 0 Å². The minimum absolute atomic E-state index is 0.181. The average molecular weight is 229 g/mol. The summed E-state index contributed by atoms with van der Waals surface area (Å²) in [4.78, 5) is 19.1. The number of halogens is 1. The predicted molar refractivity (Wildman–Crippen MR) is 58.5 cm³/mol. The Bertz CT molecular complexity index is 356. The van der Waals surface area contributed by atoms with E-state index in [0.717, 1.165) is 0 Å². The molecule has 0 spiro atoms. The van der Waals surface area contributed by atoms with E-state index in [1.54, 1.807) is 13.8 Å². The molecule has 0 fully saturated rings. The van der Waals surface area contributed by atoms with E-state index >= 15 is 0 Å². The lowest BCUT2D eigenvalue weighted by Crippen LogP contribution is -2.34. The molecule has 0 bridgehead atoms. The van der Waals surface area contributed by atoms with Gasteiger partial charge in [-0.05, 0) is 6.92 Å². The van der Waals surface area contributed by atoms with Crippen LogP contribution < -0.4 is 11.1 Å². The van der Waals surface area contributed by atoms with Gasteiger partial charge in [-0.25, -0.2) is 9.97 Å². The molecule has 0 saturated carbocycles. The van der Waals surface area contributed by atoms with E-state index in [2.05, 4.69) is 15.3 Å². The third kappa shape index (κ3) is 3.45. The van der Waals surface area contributed by atoms with Crippen molar-refractivity contribution in [1.82, 2.24) is 9.97 Å². The van der Waals surface area contributed by atoms with Gasteiger partial charge in [0.2, 0.25) is 5.91 Å². The minimum atomic E-state index is -0.279. The topological polar surface area (TPSA) is 80.9 Å². The van der Waals surface area contributed by atoms with Crippen LogP contribution in [-0.2, 0) is 4.79 Å². The number of nitrogens with two attached hydrogens (primary N) is 1. The zero-order valence-electron chi connectivity index (χ0n) is 8.57. The predicted octanol–water partition coefficient (Wildman–Crippen LogP) is 1.05. The molecule has 0 aliphatic rings. The van der Waals surface area contributed by atoms with Crippen LogP contribution in [0.15, 0.2) is 12.4 Å². The molecule has 1 rings (SSSR count). The van der Waals surface area contributed by atoms with Crippen LogP contribution in [0.4, 0.5) is 5.82 Å². The molecule has 1 amide bonds. The molecule has 0 aromatic carbocycles. The summed E-state index contributed by atoms with van der Waals surface area (Å²) in [7, 11) is 0. The number of hydrogen-bond donors (Lipinski definition) is 2. The van der Waals surface area contributed by atoms with Crippen molar-refractivity contribution in [2.75, 3.05) is 5.32 Å². The molecule has 1 aromatic rings. The molecule has 2 atom stereocenters. The minimum Gasteiger partial charge on any atom is -0.327 e. The van der Waals surface area contributed by atoms with Crippen LogP contribution in [0.25, 0.3) is 0 Å².